The summed E-state index contributed by atoms with van der Waals surface area (Å²) in [5.74, 6) is -0.129. The Morgan fingerprint density at radius 2 is 1.04 bits per heavy atom. The zero-order valence-corrected chi connectivity index (χ0v) is 43.4. The average Bonchev–Trinajstić information content (AvgIpc) is 3.36. The van der Waals surface area contributed by atoms with Gasteiger partial charge in [-0.25, -0.2) is 16.8 Å². The number of nitrogens with one attached hydrogen (secondary N) is 1. The molecule has 3 saturated heterocycles. The molecule has 16 nitrogen and oxygen atoms in total. The lowest BCUT2D eigenvalue weighted by Crippen LogP contribution is -2.63. The molecular formula is C55H63N5O11S2. The van der Waals surface area contributed by atoms with Gasteiger partial charge in [0.25, 0.3) is 0 Å². The van der Waals surface area contributed by atoms with Crippen LogP contribution < -0.4 is 14.8 Å². The van der Waals surface area contributed by atoms with Crippen LogP contribution in [0.1, 0.15) is 54.6 Å². The van der Waals surface area contributed by atoms with Crippen molar-refractivity contribution >= 4 is 59.3 Å². The van der Waals surface area contributed by atoms with Crippen molar-refractivity contribution in [1.29, 1.82) is 0 Å². The molecule has 73 heavy (non-hydrogen) atoms. The minimum Gasteiger partial charge on any atom is -0.489 e. The first-order valence-electron chi connectivity index (χ1n) is 24.4. The normalized spacial score (nSPS) is 16.3. The number of fused-ring (bicyclic) bond motifs is 2. The Morgan fingerprint density at radius 3 is 1.48 bits per heavy atom. The van der Waals surface area contributed by atoms with Crippen molar-refractivity contribution in [1.82, 2.24) is 25.1 Å². The monoisotopic (exact) mass is 1030 g/mol. The van der Waals surface area contributed by atoms with Crippen molar-refractivity contribution in [2.45, 2.75) is 69.0 Å². The molecule has 6 aromatic rings. The van der Waals surface area contributed by atoms with Crippen molar-refractivity contribution in [3.05, 3.63) is 132 Å². The van der Waals surface area contributed by atoms with E-state index in [1.165, 1.54) is 32.8 Å². The highest BCUT2D eigenvalue weighted by atomic mass is 32.2. The maximum Gasteiger partial charge on any atom is 0.306 e. The summed E-state index contributed by atoms with van der Waals surface area (Å²) in [5, 5.41) is 5.11. The highest BCUT2D eigenvalue weighted by molar-refractivity contribution is 7.91. The molecule has 5 heterocycles. The summed E-state index contributed by atoms with van der Waals surface area (Å²) in [6.07, 6.45) is 3.38. The van der Waals surface area contributed by atoms with Crippen LogP contribution in [0.2, 0.25) is 0 Å². The van der Waals surface area contributed by atoms with E-state index in [0.717, 1.165) is 70.3 Å². The van der Waals surface area contributed by atoms with E-state index in [0.29, 0.717) is 44.3 Å². The van der Waals surface area contributed by atoms with Gasteiger partial charge in [0.05, 0.1) is 65.9 Å². The first-order valence-corrected chi connectivity index (χ1v) is 27.7. The van der Waals surface area contributed by atoms with E-state index in [1.54, 1.807) is 41.3 Å². The largest absolute Gasteiger partial charge is 0.489 e. The number of nitrogens with zero attached hydrogens (tertiary/aromatic N) is 4. The molecule has 386 valence electrons. The molecule has 18 heteroatoms. The number of carbonyl (C=O) groups is 3. The third kappa shape index (κ3) is 13.2. The molecule has 0 saturated carbocycles. The maximum absolute atomic E-state index is 13.5. The number of hydrogen-bond donors (Lipinski definition) is 1. The third-order valence-corrected chi connectivity index (χ3v) is 17.7. The lowest BCUT2D eigenvalue weighted by atomic mass is 9.78. The molecule has 0 unspecified atom stereocenters. The molecule has 3 aliphatic rings. The molecule has 1 amide bonds. The number of methoxy groups -OCH3 is 2. The summed E-state index contributed by atoms with van der Waals surface area (Å²) >= 11 is 0. The van der Waals surface area contributed by atoms with Crippen LogP contribution >= 0.6 is 0 Å². The molecule has 0 bridgehead atoms. The van der Waals surface area contributed by atoms with E-state index in [2.05, 4.69) is 20.2 Å². The fourth-order valence-electron chi connectivity index (χ4n) is 9.93. The van der Waals surface area contributed by atoms with Crippen molar-refractivity contribution in [2.75, 3.05) is 71.5 Å². The van der Waals surface area contributed by atoms with Crippen LogP contribution in [0, 0.1) is 24.7 Å². The Bertz CT molecular complexity index is 3170. The molecule has 9 rings (SSSR count). The molecule has 1 N–H and O–H groups in total. The minimum atomic E-state index is -3.75. The summed E-state index contributed by atoms with van der Waals surface area (Å²) in [7, 11) is -4.71. The van der Waals surface area contributed by atoms with Crippen molar-refractivity contribution in [3.8, 4) is 11.5 Å². The van der Waals surface area contributed by atoms with Gasteiger partial charge in [0.1, 0.15) is 24.7 Å². The van der Waals surface area contributed by atoms with Crippen molar-refractivity contribution in [2.24, 2.45) is 10.8 Å². The van der Waals surface area contributed by atoms with Crippen LogP contribution in [0.5, 0.6) is 11.5 Å². The van der Waals surface area contributed by atoms with Gasteiger partial charge in [-0.2, -0.15) is 0 Å². The van der Waals surface area contributed by atoms with E-state index in [9.17, 15) is 31.2 Å². The SMILES string of the molecule is COC(=O)CC1(CS(=O)(=O)c2ccc(OCc3cc(C)nc4ccccc34)cc2)CN(C(=O)CN2CCCCC2)C1.COC(=O)CC1(CS(=O)(=O)c2ccc(OCc3cc(C)nc4ccccc34)cc2)CNC1. The minimum absolute atomic E-state index is 0.0246. The quantitative estimate of drug-likeness (QED) is 0.0879. The summed E-state index contributed by atoms with van der Waals surface area (Å²) in [4.78, 5) is 50.1. The van der Waals surface area contributed by atoms with E-state index in [1.807, 2.05) is 74.5 Å². The van der Waals surface area contributed by atoms with Gasteiger partial charge in [-0.1, -0.05) is 42.8 Å². The Labute approximate surface area is 427 Å². The molecule has 0 aliphatic carbocycles. The second-order valence-corrected chi connectivity index (χ2v) is 23.6. The predicted octanol–water partition coefficient (Wildman–Crippen LogP) is 6.82. The van der Waals surface area contributed by atoms with Crippen LogP contribution in [0.15, 0.2) is 119 Å². The molecule has 0 atom stereocenters. The number of aromatic nitrogens is 2. The molecule has 0 radical (unpaired) electrons. The lowest BCUT2D eigenvalue weighted by Gasteiger charge is -2.50. The average molecular weight is 1030 g/mol. The van der Waals surface area contributed by atoms with Crippen molar-refractivity contribution < 1.29 is 50.2 Å². The molecule has 4 aromatic carbocycles. The highest BCUT2D eigenvalue weighted by Gasteiger charge is 2.50. The van der Waals surface area contributed by atoms with Crippen LogP contribution in [-0.2, 0) is 56.7 Å². The summed E-state index contributed by atoms with van der Waals surface area (Å²) in [6, 6.07) is 32.5. The number of hydrogen-bond acceptors (Lipinski definition) is 15. The van der Waals surface area contributed by atoms with Gasteiger partial charge in [-0.15, -0.1) is 0 Å². The van der Waals surface area contributed by atoms with Gasteiger partial charge in [0, 0.05) is 70.3 Å². The van der Waals surface area contributed by atoms with E-state index < -0.39 is 42.4 Å². The number of likely N-dealkylation sites (tertiary alicyclic amines) is 2. The number of piperidine rings is 1. The van der Waals surface area contributed by atoms with Crippen molar-refractivity contribution in [3.63, 3.8) is 0 Å². The third-order valence-electron chi connectivity index (χ3n) is 13.7. The number of para-hydroxylation sites is 2. The number of pyridine rings is 2. The van der Waals surface area contributed by atoms with Gasteiger partial charge < -0.3 is 29.2 Å². The molecule has 0 spiro atoms. The Hall–Kier alpha value is -6.47. The summed E-state index contributed by atoms with van der Waals surface area (Å²) < 4.78 is 74.4. The van der Waals surface area contributed by atoms with Crippen LogP contribution in [0.4, 0.5) is 0 Å². The zero-order valence-electron chi connectivity index (χ0n) is 41.8. The van der Waals surface area contributed by atoms with E-state index >= 15 is 0 Å². The summed E-state index contributed by atoms with van der Waals surface area (Å²) in [5.41, 5.74) is 4.14. The number of esters is 2. The number of aryl methyl sites for hydroxylation is 2. The van der Waals surface area contributed by atoms with Gasteiger partial charge in [0.2, 0.25) is 5.91 Å². The van der Waals surface area contributed by atoms with Crippen LogP contribution in [-0.4, -0.2) is 126 Å². The Kier molecular flexibility index (Phi) is 16.5. The lowest BCUT2D eigenvalue weighted by molar-refractivity contribution is -0.153. The second kappa shape index (κ2) is 22.7. The number of amides is 1. The van der Waals surface area contributed by atoms with Gasteiger partial charge in [-0.05, 0) is 113 Å². The first-order chi connectivity index (χ1) is 35.0. The van der Waals surface area contributed by atoms with Crippen LogP contribution in [0.25, 0.3) is 21.8 Å². The van der Waals surface area contributed by atoms with Gasteiger partial charge in [-0.3, -0.25) is 29.3 Å². The number of rotatable bonds is 18. The van der Waals surface area contributed by atoms with E-state index in [4.69, 9.17) is 18.9 Å². The highest BCUT2D eigenvalue weighted by Crippen LogP contribution is 2.38. The summed E-state index contributed by atoms with van der Waals surface area (Å²) in [6.45, 7) is 8.07. The predicted molar refractivity (Wildman–Crippen MR) is 276 cm³/mol. The topological polar surface area (TPSA) is 201 Å². The van der Waals surface area contributed by atoms with Gasteiger partial charge in [0.15, 0.2) is 19.7 Å². The Morgan fingerprint density at radius 1 is 0.603 bits per heavy atom. The maximum atomic E-state index is 13.5. The number of sulfone groups is 2. The zero-order chi connectivity index (χ0) is 51.8. The molecule has 3 aliphatic heterocycles. The van der Waals surface area contributed by atoms with Gasteiger partial charge >= 0.3 is 11.9 Å². The molecular weight excluding hydrogens is 971 g/mol. The first kappa shape index (κ1) is 52.8. The number of benzene rings is 4. The number of ether oxygens (including phenoxy) is 4. The fraction of sp³-hybridized carbons (Fsp3) is 0.400. The van der Waals surface area contributed by atoms with Crippen LogP contribution in [0.3, 0.4) is 0 Å². The van der Waals surface area contributed by atoms with E-state index in [-0.39, 0.29) is 53.1 Å². The molecule has 3 fully saturated rings. The molecule has 2 aromatic heterocycles. The second-order valence-electron chi connectivity index (χ2n) is 19.6. The number of carbonyl (C=O) groups excluding carboxylic acids is 3. The standard InChI is InChI=1S/C31H37N3O6S.C24H26N2O5S/c1-23-16-24(27-8-4-5-9-28(27)32-23)19-40-25-10-12-26(13-11-25)41(37,38)22-31(17-30(36)39-2)20-34(21-31)29(35)18-33-14-6-3-7-15-33;1-17-11-18(21-5-3-4-6-22(21)26-17)13-31-19-7-9-20(10-8-19)32(28,29)16-24(14-25-15-24)12-23(27)30-2/h4-5,8-13,16H,3,6-7,14-15,17-22H2,1-2H3;3-11,25H,12-16H2,1-2H3. The fourth-order valence-corrected chi connectivity index (χ4v) is 13.6. The Balaban J connectivity index is 0.000000201. The smallest absolute Gasteiger partial charge is 0.306 e.